The maximum atomic E-state index is 15.1. The lowest BCUT2D eigenvalue weighted by Crippen LogP contribution is -2.46. The van der Waals surface area contributed by atoms with Crippen LogP contribution in [0.3, 0.4) is 0 Å². The smallest absolute Gasteiger partial charge is 0.410 e. The van der Waals surface area contributed by atoms with Crippen molar-refractivity contribution in [2.45, 2.75) is 72.2 Å². The number of amides is 2. The van der Waals surface area contributed by atoms with Gasteiger partial charge < -0.3 is 29.9 Å². The highest BCUT2D eigenvalue weighted by atomic mass is 32.2. The molecule has 3 aromatic rings. The van der Waals surface area contributed by atoms with Gasteiger partial charge in [-0.3, -0.25) is 9.59 Å². The Labute approximate surface area is 291 Å². The second-order valence-electron chi connectivity index (χ2n) is 14.7. The number of benzene rings is 2. The zero-order chi connectivity index (χ0) is 36.1. The van der Waals surface area contributed by atoms with Gasteiger partial charge in [0.05, 0.1) is 11.8 Å². The average Bonchev–Trinajstić information content (AvgIpc) is 3.64. The van der Waals surface area contributed by atoms with Crippen molar-refractivity contribution in [1.82, 2.24) is 14.4 Å². The summed E-state index contributed by atoms with van der Waals surface area (Å²) in [6, 6.07) is 13.3. The average molecular weight is 699 g/mol. The number of rotatable bonds is 12. The van der Waals surface area contributed by atoms with Crippen LogP contribution < -0.4 is 5.73 Å². The van der Waals surface area contributed by atoms with Gasteiger partial charge in [0.25, 0.3) is 0 Å². The molecule has 12 heteroatoms. The molecule has 1 aromatic heterocycles. The van der Waals surface area contributed by atoms with Gasteiger partial charge >= 0.3 is 12.1 Å². The van der Waals surface area contributed by atoms with Crippen molar-refractivity contribution in [3.8, 4) is 11.1 Å². The number of likely N-dealkylation sites (tertiary alicyclic amines) is 1. The minimum absolute atomic E-state index is 0.0131. The Morgan fingerprint density at radius 2 is 1.76 bits per heavy atom. The summed E-state index contributed by atoms with van der Waals surface area (Å²) in [7, 11) is 0. The third kappa shape index (κ3) is 10.3. The van der Waals surface area contributed by atoms with E-state index in [9.17, 15) is 23.9 Å². The van der Waals surface area contributed by atoms with Gasteiger partial charge in [0, 0.05) is 54.9 Å². The van der Waals surface area contributed by atoms with Crippen LogP contribution in [0.2, 0.25) is 0 Å². The molecule has 3 atom stereocenters. The Hall–Kier alpha value is -3.90. The van der Waals surface area contributed by atoms with Crippen molar-refractivity contribution in [3.63, 3.8) is 0 Å². The Kier molecular flexibility index (Phi) is 12.2. The van der Waals surface area contributed by atoms with Gasteiger partial charge in [-0.15, -0.1) is 11.8 Å². The van der Waals surface area contributed by atoms with Crippen LogP contribution in [0.4, 0.5) is 13.6 Å². The molecule has 0 aliphatic carbocycles. The van der Waals surface area contributed by atoms with Crippen LogP contribution in [0.15, 0.2) is 60.8 Å². The van der Waals surface area contributed by atoms with Crippen molar-refractivity contribution in [1.29, 1.82) is 0 Å². The number of ether oxygens (including phenoxy) is 1. The number of thioether (sulfide) groups is 1. The lowest BCUT2D eigenvalue weighted by Gasteiger charge is -2.42. The fourth-order valence-corrected chi connectivity index (χ4v) is 7.00. The number of carbonyl (C=O) groups excluding carboxylic acids is 2. The van der Waals surface area contributed by atoms with Gasteiger partial charge in [-0.2, -0.15) is 0 Å². The molecular formula is C37H48F2N4O5S. The highest BCUT2D eigenvalue weighted by Gasteiger charge is 2.40. The van der Waals surface area contributed by atoms with Crippen LogP contribution in [0, 0.1) is 23.0 Å². The molecule has 0 saturated carbocycles. The Balaban J connectivity index is 1.77. The molecule has 2 heterocycles. The molecule has 49 heavy (non-hydrogen) atoms. The Morgan fingerprint density at radius 1 is 1.06 bits per heavy atom. The minimum atomic E-state index is -1.14. The predicted octanol–water partition coefficient (Wildman–Crippen LogP) is 6.80. The standard InChI is InChI=1S/C37H48F2N4O5S/c1-36(2,3)33(31-16-26(28-17-27(38)12-13-29(28)39)21-42(31)18-24-10-8-7-9-11-24)43(32(44)23-49-22-30(40)34(45)46)20-25-14-15-41(19-25)35(47)48-37(4,5)6/h7-13,16-17,21,25,30,33H,14-15,18-20,22-23,40H2,1-6H3,(H,45,46)/t25-,30-,33-/m0/s1. The summed E-state index contributed by atoms with van der Waals surface area (Å²) in [6.45, 7) is 13.1. The highest BCUT2D eigenvalue weighted by molar-refractivity contribution is 8.00. The van der Waals surface area contributed by atoms with Crippen LogP contribution in [0.1, 0.15) is 65.3 Å². The molecule has 0 radical (unpaired) electrons. The van der Waals surface area contributed by atoms with Crippen LogP contribution in [0.25, 0.3) is 11.1 Å². The van der Waals surface area contributed by atoms with E-state index in [1.54, 1.807) is 11.1 Å². The van der Waals surface area contributed by atoms with E-state index in [1.165, 1.54) is 6.07 Å². The van der Waals surface area contributed by atoms with E-state index in [-0.39, 0.29) is 28.9 Å². The van der Waals surface area contributed by atoms with E-state index in [4.69, 9.17) is 10.5 Å². The summed E-state index contributed by atoms with van der Waals surface area (Å²) in [5.41, 5.74) is 6.85. The van der Waals surface area contributed by atoms with E-state index in [1.807, 2.05) is 87.4 Å². The molecule has 4 rings (SSSR count). The lowest BCUT2D eigenvalue weighted by molar-refractivity contribution is -0.138. The maximum Gasteiger partial charge on any atom is 0.410 e. The number of carboxylic acids is 1. The first-order chi connectivity index (χ1) is 22.9. The van der Waals surface area contributed by atoms with Gasteiger partial charge in [-0.1, -0.05) is 51.1 Å². The van der Waals surface area contributed by atoms with Crippen molar-refractivity contribution in [2.75, 3.05) is 31.1 Å². The summed E-state index contributed by atoms with van der Waals surface area (Å²) >= 11 is 1.15. The number of halogens is 2. The van der Waals surface area contributed by atoms with Gasteiger partial charge in [0.2, 0.25) is 5.91 Å². The largest absolute Gasteiger partial charge is 0.480 e. The molecule has 2 amide bonds. The molecule has 0 spiro atoms. The number of nitrogens with two attached hydrogens (primary N) is 1. The monoisotopic (exact) mass is 698 g/mol. The van der Waals surface area contributed by atoms with Crippen molar-refractivity contribution in [3.05, 3.63) is 83.7 Å². The molecule has 1 fully saturated rings. The predicted molar refractivity (Wildman–Crippen MR) is 188 cm³/mol. The fraction of sp³-hybridized carbons (Fsp3) is 0.486. The molecule has 0 unspecified atom stereocenters. The molecule has 0 bridgehead atoms. The second-order valence-corrected chi connectivity index (χ2v) is 15.8. The van der Waals surface area contributed by atoms with Crippen molar-refractivity contribution in [2.24, 2.45) is 17.1 Å². The van der Waals surface area contributed by atoms with Crippen molar-refractivity contribution < 1.29 is 33.0 Å². The third-order valence-corrected chi connectivity index (χ3v) is 9.38. The quantitative estimate of drug-likeness (QED) is 0.214. The number of hydrogen-bond acceptors (Lipinski definition) is 6. The first-order valence-electron chi connectivity index (χ1n) is 16.5. The van der Waals surface area contributed by atoms with E-state index < -0.39 is 46.8 Å². The molecule has 266 valence electrons. The van der Waals surface area contributed by atoms with Gasteiger partial charge in [-0.05, 0) is 68.4 Å². The first kappa shape index (κ1) is 37.9. The zero-order valence-electron chi connectivity index (χ0n) is 29.1. The first-order valence-corrected chi connectivity index (χ1v) is 17.6. The highest BCUT2D eigenvalue weighted by Crippen LogP contribution is 2.42. The summed E-state index contributed by atoms with van der Waals surface area (Å²) in [6.07, 6.45) is 2.04. The number of hydrogen-bond donors (Lipinski definition) is 2. The number of carbonyl (C=O) groups is 3. The summed E-state index contributed by atoms with van der Waals surface area (Å²) in [5, 5.41) is 9.29. The lowest BCUT2D eigenvalue weighted by atomic mass is 9.82. The Morgan fingerprint density at radius 3 is 2.39 bits per heavy atom. The van der Waals surface area contributed by atoms with E-state index >= 15 is 4.39 Å². The maximum absolute atomic E-state index is 15.1. The molecular weight excluding hydrogens is 650 g/mol. The Bertz CT molecular complexity index is 1620. The van der Waals surface area contributed by atoms with Crippen LogP contribution in [-0.4, -0.2) is 80.2 Å². The van der Waals surface area contributed by atoms with Crippen LogP contribution in [-0.2, 0) is 20.9 Å². The zero-order valence-corrected chi connectivity index (χ0v) is 29.9. The van der Waals surface area contributed by atoms with E-state index in [0.29, 0.717) is 38.2 Å². The second kappa shape index (κ2) is 15.8. The molecule has 3 N–H and O–H groups in total. The number of aromatic nitrogens is 1. The molecule has 1 aliphatic rings. The SMILES string of the molecule is CC(C)(C)OC(=O)N1CC[C@H](CN(C(=O)CSC[C@H](N)C(=O)O)[C@@H](c2cc(-c3cc(F)ccc3F)cn2Cc2ccccc2)C(C)(C)C)C1. The number of nitrogens with zero attached hydrogens (tertiary/aromatic N) is 3. The molecule has 1 aliphatic heterocycles. The van der Waals surface area contributed by atoms with E-state index in [2.05, 4.69) is 0 Å². The van der Waals surface area contributed by atoms with E-state index in [0.717, 1.165) is 35.2 Å². The molecule has 9 nitrogen and oxygen atoms in total. The van der Waals surface area contributed by atoms with Crippen LogP contribution >= 0.6 is 11.8 Å². The van der Waals surface area contributed by atoms with Gasteiger partial charge in [0.1, 0.15) is 23.3 Å². The topological polar surface area (TPSA) is 118 Å². The summed E-state index contributed by atoms with van der Waals surface area (Å²) in [5.74, 6) is -2.52. The normalized spacial score (nSPS) is 16.3. The minimum Gasteiger partial charge on any atom is -0.480 e. The van der Waals surface area contributed by atoms with Crippen LogP contribution in [0.5, 0.6) is 0 Å². The van der Waals surface area contributed by atoms with Gasteiger partial charge in [-0.25, -0.2) is 13.6 Å². The molecule has 1 saturated heterocycles. The summed E-state index contributed by atoms with van der Waals surface area (Å²) < 4.78 is 37.1. The van der Waals surface area contributed by atoms with Crippen molar-refractivity contribution >= 4 is 29.7 Å². The van der Waals surface area contributed by atoms with Gasteiger partial charge in [0.15, 0.2) is 0 Å². The third-order valence-electron chi connectivity index (χ3n) is 8.33. The number of carboxylic acid groups (broad SMARTS) is 1. The number of aliphatic carboxylic acids is 1. The molecule has 2 aromatic carbocycles. The summed E-state index contributed by atoms with van der Waals surface area (Å²) in [4.78, 5) is 42.0. The fourth-order valence-electron chi connectivity index (χ4n) is 6.14.